The van der Waals surface area contributed by atoms with Gasteiger partial charge in [-0.3, -0.25) is 19.2 Å². The number of hydrogen-bond acceptors (Lipinski definition) is 7. The van der Waals surface area contributed by atoms with Crippen LogP contribution in [-0.2, 0) is 33.2 Å². The first-order valence-electron chi connectivity index (χ1n) is 14.6. The normalized spacial score (nSPS) is 18.0. The Hall–Kier alpha value is -4.22. The van der Waals surface area contributed by atoms with Gasteiger partial charge in [-0.1, -0.05) is 12.1 Å². The second kappa shape index (κ2) is 15.6. The first kappa shape index (κ1) is 37.2. The number of likely N-dealkylation sites (tertiary alicyclic amines) is 1. The first-order chi connectivity index (χ1) is 21.9. The molecule has 2 aromatic carbocycles. The summed E-state index contributed by atoms with van der Waals surface area (Å²) in [6, 6.07) is 4.32. The van der Waals surface area contributed by atoms with Gasteiger partial charge < -0.3 is 37.6 Å². The van der Waals surface area contributed by atoms with E-state index in [-0.39, 0.29) is 69.0 Å². The van der Waals surface area contributed by atoms with E-state index in [1.165, 1.54) is 24.1 Å². The minimum absolute atomic E-state index is 0.0395. The quantitative estimate of drug-likeness (QED) is 0.211. The van der Waals surface area contributed by atoms with Crippen molar-refractivity contribution in [2.45, 2.75) is 55.8 Å². The highest BCUT2D eigenvalue weighted by atomic mass is 19.4. The van der Waals surface area contributed by atoms with E-state index in [1.54, 1.807) is 0 Å². The highest BCUT2D eigenvalue weighted by Crippen LogP contribution is 2.30. The molecule has 0 aliphatic carbocycles. The number of nitrogens with two attached hydrogens (primary N) is 3. The molecule has 47 heavy (non-hydrogen) atoms. The minimum atomic E-state index is -4.58. The first-order valence-corrected chi connectivity index (χ1v) is 14.6. The number of hydrogen-bond donors (Lipinski definition) is 5. The summed E-state index contributed by atoms with van der Waals surface area (Å²) in [5.74, 6) is -2.42. The van der Waals surface area contributed by atoms with Crippen LogP contribution in [0.2, 0.25) is 0 Å². The summed E-state index contributed by atoms with van der Waals surface area (Å²) in [7, 11) is 1.36. The maximum absolute atomic E-state index is 13.4. The minimum Gasteiger partial charge on any atom is -0.350 e. The number of alkyl halides is 6. The van der Waals surface area contributed by atoms with E-state index in [9.17, 15) is 45.5 Å². The third-order valence-electron chi connectivity index (χ3n) is 7.69. The predicted molar refractivity (Wildman–Crippen MR) is 158 cm³/mol. The van der Waals surface area contributed by atoms with Crippen molar-refractivity contribution < 1.29 is 45.5 Å². The lowest BCUT2D eigenvalue weighted by atomic mass is 10.0. The fourth-order valence-electron chi connectivity index (χ4n) is 4.80. The number of nitrogens with zero attached hydrogens (tertiary/aromatic N) is 2. The van der Waals surface area contributed by atoms with Crippen LogP contribution < -0.4 is 27.8 Å². The SMILES string of the molecule is CN(CCNC(=O)c1ccc(C(F)(F)F)cc1)C(=O)[C@H](Cc1ccc(C(F)(F)F)cc1)NC(=O)C(N)CCC(=O)N1CC(N)[C@@H](N)C1. The van der Waals surface area contributed by atoms with E-state index in [4.69, 9.17) is 17.2 Å². The Morgan fingerprint density at radius 3 is 1.91 bits per heavy atom. The molecule has 3 rings (SSSR count). The number of carbonyl (C=O) groups excluding carboxylic acids is 4. The van der Waals surface area contributed by atoms with Crippen LogP contribution >= 0.6 is 0 Å². The van der Waals surface area contributed by atoms with Crippen LogP contribution in [0.1, 0.15) is 39.9 Å². The number of halogens is 6. The molecule has 1 aliphatic heterocycles. The molecule has 17 heteroatoms. The van der Waals surface area contributed by atoms with Crippen molar-refractivity contribution in [1.29, 1.82) is 0 Å². The zero-order chi connectivity index (χ0) is 35.1. The van der Waals surface area contributed by atoms with Crippen LogP contribution in [0.5, 0.6) is 0 Å². The van der Waals surface area contributed by atoms with E-state index in [0.29, 0.717) is 5.56 Å². The van der Waals surface area contributed by atoms with Gasteiger partial charge in [0.2, 0.25) is 17.7 Å². The molecule has 0 spiro atoms. The van der Waals surface area contributed by atoms with Crippen LogP contribution in [-0.4, -0.2) is 90.8 Å². The molecule has 1 heterocycles. The van der Waals surface area contributed by atoms with Crippen LogP contribution in [0.3, 0.4) is 0 Å². The fourth-order valence-corrected chi connectivity index (χ4v) is 4.80. The summed E-state index contributed by atoms with van der Waals surface area (Å²) < 4.78 is 77.5. The molecule has 2 aromatic rings. The van der Waals surface area contributed by atoms with Crippen LogP contribution in [0.4, 0.5) is 26.3 Å². The predicted octanol–water partition coefficient (Wildman–Crippen LogP) is 1.24. The summed E-state index contributed by atoms with van der Waals surface area (Å²) in [5, 5.41) is 5.01. The van der Waals surface area contributed by atoms with Gasteiger partial charge in [0.05, 0.1) is 17.2 Å². The van der Waals surface area contributed by atoms with E-state index in [2.05, 4.69) is 10.6 Å². The highest BCUT2D eigenvalue weighted by Gasteiger charge is 2.33. The van der Waals surface area contributed by atoms with Crippen molar-refractivity contribution in [2.75, 3.05) is 33.2 Å². The average Bonchev–Trinajstić information content (AvgIpc) is 3.35. The molecule has 4 atom stereocenters. The number of carbonyl (C=O) groups is 4. The molecule has 0 saturated carbocycles. The standard InChI is InChI=1S/C30H37F6N7O4/c1-42(13-12-40-26(45)18-4-8-20(9-5-18)30(34,35)36)28(47)24(14-17-2-6-19(7-3-17)29(31,32)33)41-27(46)21(37)10-11-25(44)43-15-22(38)23(39)16-43/h2-9,21-24H,10-16,37-39H2,1H3,(H,40,45)(H,41,46)/t21?,22-,23?,24-/m0/s1. The van der Waals surface area contributed by atoms with Crippen LogP contribution in [0.15, 0.2) is 48.5 Å². The van der Waals surface area contributed by atoms with E-state index in [0.717, 1.165) is 41.3 Å². The highest BCUT2D eigenvalue weighted by molar-refractivity contribution is 5.94. The monoisotopic (exact) mass is 673 g/mol. The van der Waals surface area contributed by atoms with Gasteiger partial charge in [0, 0.05) is 63.7 Å². The zero-order valence-electron chi connectivity index (χ0n) is 25.4. The maximum Gasteiger partial charge on any atom is 0.416 e. The van der Waals surface area contributed by atoms with Gasteiger partial charge in [-0.05, 0) is 48.4 Å². The summed E-state index contributed by atoms with van der Waals surface area (Å²) in [6.07, 6.45) is -9.52. The number of nitrogens with one attached hydrogen (secondary N) is 2. The Bertz CT molecular complexity index is 1390. The summed E-state index contributed by atoms with van der Waals surface area (Å²) in [5.41, 5.74) is 16.1. The van der Waals surface area contributed by atoms with Gasteiger partial charge in [0.25, 0.3) is 5.91 Å². The molecule has 0 aromatic heterocycles. The summed E-state index contributed by atoms with van der Waals surface area (Å²) in [6.45, 7) is 0.324. The molecule has 0 bridgehead atoms. The molecule has 11 nitrogen and oxygen atoms in total. The van der Waals surface area contributed by atoms with Gasteiger partial charge in [0.1, 0.15) is 6.04 Å². The number of likely N-dealkylation sites (N-methyl/N-ethyl adjacent to an activating group) is 1. The summed E-state index contributed by atoms with van der Waals surface area (Å²) in [4.78, 5) is 53.9. The molecular formula is C30H37F6N7O4. The Morgan fingerprint density at radius 2 is 1.40 bits per heavy atom. The molecule has 1 fully saturated rings. The third kappa shape index (κ3) is 10.7. The van der Waals surface area contributed by atoms with E-state index < -0.39 is 53.3 Å². The van der Waals surface area contributed by atoms with Crippen molar-refractivity contribution in [2.24, 2.45) is 17.2 Å². The number of benzene rings is 2. The number of rotatable bonds is 12. The Kier molecular flexibility index (Phi) is 12.3. The largest absolute Gasteiger partial charge is 0.416 e. The lowest BCUT2D eigenvalue weighted by molar-refractivity contribution is -0.138. The van der Waals surface area contributed by atoms with E-state index >= 15 is 0 Å². The maximum atomic E-state index is 13.4. The van der Waals surface area contributed by atoms with Crippen LogP contribution in [0.25, 0.3) is 0 Å². The molecular weight excluding hydrogens is 636 g/mol. The topological polar surface area (TPSA) is 177 Å². The average molecular weight is 674 g/mol. The molecule has 1 saturated heterocycles. The second-order valence-electron chi connectivity index (χ2n) is 11.3. The van der Waals surface area contributed by atoms with Crippen LogP contribution in [0, 0.1) is 0 Å². The van der Waals surface area contributed by atoms with Gasteiger partial charge in [-0.25, -0.2) is 0 Å². The van der Waals surface area contributed by atoms with Crippen molar-refractivity contribution in [3.63, 3.8) is 0 Å². The molecule has 4 amide bonds. The zero-order valence-corrected chi connectivity index (χ0v) is 25.4. The molecule has 0 radical (unpaired) electrons. The Morgan fingerprint density at radius 1 is 0.894 bits per heavy atom. The van der Waals surface area contributed by atoms with Gasteiger partial charge in [-0.2, -0.15) is 26.3 Å². The summed E-state index contributed by atoms with van der Waals surface area (Å²) >= 11 is 0. The molecule has 8 N–H and O–H groups in total. The smallest absolute Gasteiger partial charge is 0.350 e. The molecule has 258 valence electrons. The molecule has 1 aliphatic rings. The van der Waals surface area contributed by atoms with Gasteiger partial charge in [0.15, 0.2) is 0 Å². The second-order valence-corrected chi connectivity index (χ2v) is 11.3. The van der Waals surface area contributed by atoms with Crippen molar-refractivity contribution in [1.82, 2.24) is 20.4 Å². The van der Waals surface area contributed by atoms with E-state index in [1.807, 2.05) is 0 Å². The fraction of sp³-hybridized carbons (Fsp3) is 0.467. The van der Waals surface area contributed by atoms with Crippen molar-refractivity contribution >= 4 is 23.6 Å². The van der Waals surface area contributed by atoms with Gasteiger partial charge >= 0.3 is 12.4 Å². The lowest BCUT2D eigenvalue weighted by Crippen LogP contribution is -2.53. The lowest BCUT2D eigenvalue weighted by Gasteiger charge is -2.26. The Labute approximate surface area is 266 Å². The molecule has 2 unspecified atom stereocenters. The van der Waals surface area contributed by atoms with Crippen molar-refractivity contribution in [3.05, 3.63) is 70.8 Å². The van der Waals surface area contributed by atoms with Crippen molar-refractivity contribution in [3.8, 4) is 0 Å². The van der Waals surface area contributed by atoms with Gasteiger partial charge in [-0.15, -0.1) is 0 Å². The number of amides is 4. The third-order valence-corrected chi connectivity index (χ3v) is 7.69. The Balaban J connectivity index is 1.63.